The number of aromatic amines is 1. The van der Waals surface area contributed by atoms with Crippen LogP contribution in [0.5, 0.6) is 0 Å². The van der Waals surface area contributed by atoms with Gasteiger partial charge in [0.2, 0.25) is 0 Å². The Balaban J connectivity index is 2.33. The molecule has 0 saturated carbocycles. The van der Waals surface area contributed by atoms with E-state index in [1.54, 1.807) is 31.2 Å². The van der Waals surface area contributed by atoms with E-state index in [-0.39, 0.29) is 19.4 Å². The Morgan fingerprint density at radius 2 is 1.96 bits per heavy atom. The molecule has 0 bridgehead atoms. The van der Waals surface area contributed by atoms with Crippen molar-refractivity contribution in [3.8, 4) is 0 Å². The lowest BCUT2D eigenvalue weighted by Crippen LogP contribution is -2.12. The van der Waals surface area contributed by atoms with E-state index in [9.17, 15) is 14.4 Å². The largest absolute Gasteiger partial charge is 0.481 e. The lowest BCUT2D eigenvalue weighted by Gasteiger charge is -2.14. The number of aliphatic carboxylic acids is 1. The maximum absolute atomic E-state index is 11.8. The molecule has 1 atom stereocenters. The molecule has 1 aromatic heterocycles. The molecule has 1 heterocycles. The molecule has 2 aromatic rings. The molecule has 0 saturated heterocycles. The number of carbonyl (C=O) groups is 3. The summed E-state index contributed by atoms with van der Waals surface area (Å²) >= 11 is 0. The zero-order valence-corrected chi connectivity index (χ0v) is 13.5. The van der Waals surface area contributed by atoms with Crippen LogP contribution in [0, 0.1) is 0 Å². The number of esters is 2. The molecule has 7 nitrogen and oxygen atoms in total. The number of methoxy groups -OCH3 is 1. The number of hydrogen-bond donors (Lipinski definition) is 2. The second-order valence-electron chi connectivity index (χ2n) is 5.33. The summed E-state index contributed by atoms with van der Waals surface area (Å²) in [6.07, 6.45) is -0.209. The highest BCUT2D eigenvalue weighted by Gasteiger charge is 2.21. The first kappa shape index (κ1) is 17.5. The van der Waals surface area contributed by atoms with Gasteiger partial charge in [-0.15, -0.1) is 0 Å². The van der Waals surface area contributed by atoms with Crippen LogP contribution in [0.1, 0.15) is 41.7 Å². The van der Waals surface area contributed by atoms with Crippen molar-refractivity contribution in [3.05, 3.63) is 35.5 Å². The summed E-state index contributed by atoms with van der Waals surface area (Å²) in [6, 6.07) is 6.90. The second kappa shape index (κ2) is 7.63. The lowest BCUT2D eigenvalue weighted by atomic mass is 9.92. The monoisotopic (exact) mass is 333 g/mol. The summed E-state index contributed by atoms with van der Waals surface area (Å²) in [7, 11) is 1.27. The zero-order chi connectivity index (χ0) is 17.7. The first-order valence-corrected chi connectivity index (χ1v) is 7.53. The summed E-state index contributed by atoms with van der Waals surface area (Å²) in [4.78, 5) is 37.3. The molecule has 0 radical (unpaired) electrons. The highest BCUT2D eigenvalue weighted by Crippen LogP contribution is 2.28. The Morgan fingerprint density at radius 1 is 1.21 bits per heavy atom. The van der Waals surface area contributed by atoms with Gasteiger partial charge in [-0.05, 0) is 30.7 Å². The van der Waals surface area contributed by atoms with Gasteiger partial charge in [0.25, 0.3) is 0 Å². The Labute approximate surface area is 138 Å². The van der Waals surface area contributed by atoms with E-state index in [4.69, 9.17) is 9.84 Å². The summed E-state index contributed by atoms with van der Waals surface area (Å²) in [5, 5.41) is 9.81. The molecule has 0 amide bonds. The molecule has 2 rings (SSSR count). The number of carbonyl (C=O) groups excluding carboxylic acids is 2. The van der Waals surface area contributed by atoms with Gasteiger partial charge < -0.3 is 19.6 Å². The number of carboxylic acids is 1. The first-order valence-electron chi connectivity index (χ1n) is 7.53. The molecule has 0 aliphatic heterocycles. The van der Waals surface area contributed by atoms with Crippen LogP contribution in [-0.4, -0.2) is 41.7 Å². The summed E-state index contributed by atoms with van der Waals surface area (Å²) < 4.78 is 9.58. The van der Waals surface area contributed by atoms with Gasteiger partial charge in [-0.2, -0.15) is 0 Å². The maximum Gasteiger partial charge on any atom is 0.354 e. The molecular weight excluding hydrogens is 314 g/mol. The van der Waals surface area contributed by atoms with Gasteiger partial charge in [-0.3, -0.25) is 9.59 Å². The van der Waals surface area contributed by atoms with Crippen molar-refractivity contribution >= 4 is 28.8 Å². The average Bonchev–Trinajstić information content (AvgIpc) is 2.97. The van der Waals surface area contributed by atoms with Gasteiger partial charge in [0.1, 0.15) is 5.69 Å². The number of fused-ring (bicyclic) bond motifs is 1. The Hall–Kier alpha value is -2.83. The van der Waals surface area contributed by atoms with Gasteiger partial charge in [-0.25, -0.2) is 4.79 Å². The molecule has 24 heavy (non-hydrogen) atoms. The van der Waals surface area contributed by atoms with E-state index in [1.165, 1.54) is 7.11 Å². The fourth-order valence-corrected chi connectivity index (χ4v) is 2.53. The number of rotatable bonds is 7. The third-order valence-electron chi connectivity index (χ3n) is 3.67. The van der Waals surface area contributed by atoms with Gasteiger partial charge in [0.05, 0.1) is 26.6 Å². The topological polar surface area (TPSA) is 106 Å². The van der Waals surface area contributed by atoms with E-state index in [0.29, 0.717) is 11.3 Å². The highest BCUT2D eigenvalue weighted by molar-refractivity contribution is 5.95. The molecule has 0 fully saturated rings. The average molecular weight is 333 g/mol. The zero-order valence-electron chi connectivity index (χ0n) is 13.5. The summed E-state index contributed by atoms with van der Waals surface area (Å²) in [5.41, 5.74) is 1.76. The van der Waals surface area contributed by atoms with Gasteiger partial charge in [-0.1, -0.05) is 6.07 Å². The van der Waals surface area contributed by atoms with Crippen molar-refractivity contribution < 1.29 is 29.0 Å². The fourth-order valence-electron chi connectivity index (χ4n) is 2.53. The molecule has 7 heteroatoms. The number of aromatic nitrogens is 1. The molecular formula is C17H19NO6. The minimum Gasteiger partial charge on any atom is -0.481 e. The standard InChI is InChI=1S/C17H19NO6/c1-3-24-17(22)14-7-12-6-10(4-5-13(12)18-14)11(8-15(19)20)9-16(21)23-2/h4-7,11,18H,3,8-9H2,1-2H3,(H,19,20)/t11-/m0/s1. The van der Waals surface area contributed by atoms with Crippen LogP contribution in [0.3, 0.4) is 0 Å². The first-order chi connectivity index (χ1) is 11.4. The van der Waals surface area contributed by atoms with Crippen molar-refractivity contribution in [1.82, 2.24) is 4.98 Å². The van der Waals surface area contributed by atoms with E-state index < -0.39 is 23.8 Å². The molecule has 0 unspecified atom stereocenters. The third kappa shape index (κ3) is 4.13. The lowest BCUT2D eigenvalue weighted by molar-refractivity contribution is -0.141. The van der Waals surface area contributed by atoms with E-state index in [2.05, 4.69) is 9.72 Å². The van der Waals surface area contributed by atoms with Crippen LogP contribution in [0.15, 0.2) is 24.3 Å². The minimum absolute atomic E-state index is 0.0243. The van der Waals surface area contributed by atoms with Gasteiger partial charge >= 0.3 is 17.9 Å². The van der Waals surface area contributed by atoms with Crippen LogP contribution in [0.4, 0.5) is 0 Å². The molecule has 0 aliphatic rings. The number of hydrogen-bond acceptors (Lipinski definition) is 5. The molecule has 1 aromatic carbocycles. The predicted octanol–water partition coefficient (Wildman–Crippen LogP) is 2.47. The Kier molecular flexibility index (Phi) is 5.57. The van der Waals surface area contributed by atoms with Crippen molar-refractivity contribution in [2.24, 2.45) is 0 Å². The van der Waals surface area contributed by atoms with E-state index >= 15 is 0 Å². The smallest absolute Gasteiger partial charge is 0.354 e. The number of nitrogens with one attached hydrogen (secondary N) is 1. The Bertz CT molecular complexity index is 764. The van der Waals surface area contributed by atoms with Gasteiger partial charge in [0.15, 0.2) is 0 Å². The van der Waals surface area contributed by atoms with E-state index in [0.717, 1.165) is 10.9 Å². The molecule has 0 spiro atoms. The Morgan fingerprint density at radius 3 is 2.58 bits per heavy atom. The molecule has 0 aliphatic carbocycles. The minimum atomic E-state index is -0.995. The van der Waals surface area contributed by atoms with Crippen LogP contribution < -0.4 is 0 Å². The maximum atomic E-state index is 11.8. The van der Waals surface area contributed by atoms with Crippen LogP contribution in [0.2, 0.25) is 0 Å². The summed E-state index contributed by atoms with van der Waals surface area (Å²) in [6.45, 7) is 2.00. The van der Waals surface area contributed by atoms with E-state index in [1.807, 2.05) is 0 Å². The third-order valence-corrected chi connectivity index (χ3v) is 3.67. The van der Waals surface area contributed by atoms with Crippen LogP contribution >= 0.6 is 0 Å². The van der Waals surface area contributed by atoms with Crippen molar-refractivity contribution in [3.63, 3.8) is 0 Å². The van der Waals surface area contributed by atoms with Gasteiger partial charge in [0, 0.05) is 16.8 Å². The molecule has 2 N–H and O–H groups in total. The number of benzene rings is 1. The fraction of sp³-hybridized carbons (Fsp3) is 0.353. The van der Waals surface area contributed by atoms with Crippen molar-refractivity contribution in [2.75, 3.05) is 13.7 Å². The SMILES string of the molecule is CCOC(=O)c1cc2cc([C@@H](CC(=O)O)CC(=O)OC)ccc2[nH]1. The number of ether oxygens (including phenoxy) is 2. The number of carboxylic acid groups (broad SMARTS) is 1. The van der Waals surface area contributed by atoms with Crippen LogP contribution in [0.25, 0.3) is 10.9 Å². The molecule has 128 valence electrons. The van der Waals surface area contributed by atoms with Crippen LogP contribution in [-0.2, 0) is 19.1 Å². The predicted molar refractivity (Wildman–Crippen MR) is 85.9 cm³/mol. The van der Waals surface area contributed by atoms with Crippen molar-refractivity contribution in [1.29, 1.82) is 0 Å². The quantitative estimate of drug-likeness (QED) is 0.754. The number of H-pyrrole nitrogens is 1. The second-order valence-corrected chi connectivity index (χ2v) is 5.33. The normalized spacial score (nSPS) is 11.9. The summed E-state index contributed by atoms with van der Waals surface area (Å²) in [5.74, 6) is -2.42. The van der Waals surface area contributed by atoms with Crippen molar-refractivity contribution in [2.45, 2.75) is 25.7 Å². The highest BCUT2D eigenvalue weighted by atomic mass is 16.5.